The number of aryl methyl sites for hydroxylation is 1. The second-order valence-electron chi connectivity index (χ2n) is 17.2. The van der Waals surface area contributed by atoms with Gasteiger partial charge in [0, 0.05) is 48.0 Å². The third-order valence-corrected chi connectivity index (χ3v) is 14.3. The van der Waals surface area contributed by atoms with Gasteiger partial charge in [-0.25, -0.2) is 8.42 Å². The summed E-state index contributed by atoms with van der Waals surface area (Å²) in [5.41, 5.74) is 5.46. The van der Waals surface area contributed by atoms with Crippen LogP contribution in [0.25, 0.3) is 0 Å². The Balaban J connectivity index is 0.768. The van der Waals surface area contributed by atoms with Gasteiger partial charge in [0.15, 0.2) is 11.5 Å². The normalized spacial score (nSPS) is 16.0. The van der Waals surface area contributed by atoms with Gasteiger partial charge in [-0.15, -0.1) is 11.3 Å². The lowest BCUT2D eigenvalue weighted by Gasteiger charge is -2.29. The van der Waals surface area contributed by atoms with Gasteiger partial charge in [-0.1, -0.05) is 48.5 Å². The van der Waals surface area contributed by atoms with Gasteiger partial charge >= 0.3 is 0 Å². The van der Waals surface area contributed by atoms with Gasteiger partial charge in [-0.3, -0.25) is 39.0 Å². The number of hydrogen-bond acceptors (Lipinski definition) is 13. The van der Waals surface area contributed by atoms with Crippen molar-refractivity contribution in [3.05, 3.63) is 140 Å². The molecule has 1 aromatic heterocycles. The van der Waals surface area contributed by atoms with E-state index < -0.39 is 45.4 Å². The second-order valence-corrected chi connectivity index (χ2v) is 20.3. The highest BCUT2D eigenvalue weighted by Crippen LogP contribution is 2.39. The summed E-state index contributed by atoms with van der Waals surface area (Å²) in [4.78, 5) is 81.5. The second kappa shape index (κ2) is 21.2. The van der Waals surface area contributed by atoms with Crippen LogP contribution in [0.5, 0.6) is 17.2 Å². The van der Waals surface area contributed by atoms with E-state index in [1.165, 1.54) is 30.1 Å². The fourth-order valence-electron chi connectivity index (χ4n) is 8.85. The van der Waals surface area contributed by atoms with Crippen molar-refractivity contribution in [3.63, 3.8) is 0 Å². The monoisotopic (exact) mass is 975 g/mol. The maximum absolute atomic E-state index is 14.0. The number of methoxy groups -OCH3 is 1. The van der Waals surface area contributed by atoms with Crippen LogP contribution in [0.3, 0.4) is 0 Å². The predicted molar refractivity (Wildman–Crippen MR) is 258 cm³/mol. The van der Waals surface area contributed by atoms with Gasteiger partial charge in [0.05, 0.1) is 47.9 Å². The molecule has 8 rings (SSSR count). The summed E-state index contributed by atoms with van der Waals surface area (Å²) in [5, 5.41) is 10.5. The molecule has 0 radical (unpaired) electrons. The van der Waals surface area contributed by atoms with E-state index in [1.54, 1.807) is 42.2 Å². The van der Waals surface area contributed by atoms with Gasteiger partial charge in [0.1, 0.15) is 28.2 Å². The highest BCUT2D eigenvalue weighted by atomic mass is 32.2. The summed E-state index contributed by atoms with van der Waals surface area (Å²) in [7, 11) is -2.21. The van der Waals surface area contributed by atoms with Crippen molar-refractivity contribution in [2.75, 3.05) is 37.6 Å². The average Bonchev–Trinajstić information content (AvgIpc) is 3.96. The summed E-state index contributed by atoms with van der Waals surface area (Å²) < 4.78 is 42.4. The Hall–Kier alpha value is -6.89. The molecule has 3 N–H and O–H groups in total. The van der Waals surface area contributed by atoms with Crippen molar-refractivity contribution in [3.8, 4) is 17.2 Å². The fourth-order valence-corrected chi connectivity index (χ4v) is 10.7. The minimum atomic E-state index is -3.69. The molecule has 0 spiro atoms. The van der Waals surface area contributed by atoms with E-state index in [9.17, 15) is 37.2 Å². The van der Waals surface area contributed by atoms with Crippen molar-refractivity contribution >= 4 is 62.3 Å². The van der Waals surface area contributed by atoms with Gasteiger partial charge in [-0.2, -0.15) is 0 Å². The highest BCUT2D eigenvalue weighted by Gasteiger charge is 2.44. The van der Waals surface area contributed by atoms with E-state index in [1.807, 2.05) is 29.6 Å². The number of benzene rings is 4. The van der Waals surface area contributed by atoms with Crippen molar-refractivity contribution in [2.45, 2.75) is 77.2 Å². The molecule has 6 amide bonds. The molecule has 69 heavy (non-hydrogen) atoms. The summed E-state index contributed by atoms with van der Waals surface area (Å²) >= 11 is 1.46. The first-order valence-electron chi connectivity index (χ1n) is 22.7. The van der Waals surface area contributed by atoms with Gasteiger partial charge in [0.25, 0.3) is 17.7 Å². The van der Waals surface area contributed by atoms with E-state index in [4.69, 9.17) is 14.2 Å². The number of anilines is 1. The van der Waals surface area contributed by atoms with E-state index in [-0.39, 0.29) is 47.4 Å². The maximum Gasteiger partial charge on any atom is 0.264 e. The number of piperidine rings is 1. The molecule has 1 unspecified atom stereocenters. The standard InChI is InChI=1S/C51H53N5O11S2/c1-4-66-43-25-34(17-21-42(43)65-2)41(30-69(3,63)64)56-50(61)36-8-6-9-39(47(36)51(56)62)53-45(57)10-5-7-31-11-13-32(14-12-31)23-24-52-26-33-15-18-35(19-16-33)67-28-44-37-27-55(49(60)38(37)29-68-44)40-20-22-46(58)54-48(40)59/h6,8-9,11-19,21,25,29,40-41,52H,4-5,7,10,20,22-24,26-28,30H2,1-3H3,(H,53,57)(H,54,58,59)/t40?,41-/m1/s1. The van der Waals surface area contributed by atoms with Crippen LogP contribution in [0.2, 0.25) is 0 Å². The Labute approximate surface area is 404 Å². The largest absolute Gasteiger partial charge is 0.493 e. The number of sulfone groups is 1. The van der Waals surface area contributed by atoms with Gasteiger partial charge in [0.2, 0.25) is 17.7 Å². The Bertz CT molecular complexity index is 2900. The predicted octanol–water partition coefficient (Wildman–Crippen LogP) is 6.17. The molecule has 1 fully saturated rings. The highest BCUT2D eigenvalue weighted by molar-refractivity contribution is 7.90. The quantitative estimate of drug-likeness (QED) is 0.0558. The molecular formula is C51H53N5O11S2. The Kier molecular flexibility index (Phi) is 14.9. The topological polar surface area (TPSA) is 207 Å². The number of carbonyl (C=O) groups is 6. The SMILES string of the molecule is CCOc1cc([C@@H](CS(C)(=O)=O)N2C(=O)c3cccc(NC(=O)CCCc4ccc(CCNCc5ccc(OCc6scc7c6CN(C6CCC(=O)NC6=O)C7=O)cc5)cc4)c3C2=O)ccc1OC. The van der Waals surface area contributed by atoms with Gasteiger partial charge < -0.3 is 29.7 Å². The molecule has 360 valence electrons. The first kappa shape index (κ1) is 48.6. The van der Waals surface area contributed by atoms with E-state index in [0.29, 0.717) is 73.9 Å². The molecule has 0 aliphatic carbocycles. The zero-order valence-electron chi connectivity index (χ0n) is 38.5. The zero-order chi connectivity index (χ0) is 48.8. The molecule has 4 heterocycles. The Morgan fingerprint density at radius 2 is 1.61 bits per heavy atom. The molecule has 5 aromatic rings. The first-order chi connectivity index (χ1) is 33.2. The third-order valence-electron chi connectivity index (χ3n) is 12.4. The van der Waals surface area contributed by atoms with E-state index in [2.05, 4.69) is 40.2 Å². The van der Waals surface area contributed by atoms with Crippen LogP contribution in [0.1, 0.15) is 102 Å². The van der Waals surface area contributed by atoms with Crippen LogP contribution in [-0.4, -0.2) is 92.0 Å². The van der Waals surface area contributed by atoms with Crippen LogP contribution in [-0.2, 0) is 56.8 Å². The maximum atomic E-state index is 14.0. The number of carbonyl (C=O) groups excluding carboxylic acids is 6. The molecule has 4 aromatic carbocycles. The Morgan fingerprint density at radius 1 is 0.870 bits per heavy atom. The van der Waals surface area contributed by atoms with Crippen molar-refractivity contribution in [2.24, 2.45) is 0 Å². The summed E-state index contributed by atoms with van der Waals surface area (Å²) in [6.45, 7) is 4.15. The minimum absolute atomic E-state index is 0.0135. The number of imide groups is 2. The lowest BCUT2D eigenvalue weighted by atomic mass is 10.0. The number of rotatable bonds is 21. The van der Waals surface area contributed by atoms with Crippen LogP contribution in [0.15, 0.2) is 90.3 Å². The average molecular weight is 976 g/mol. The van der Waals surface area contributed by atoms with E-state index in [0.717, 1.165) is 45.7 Å². The number of amides is 6. The lowest BCUT2D eigenvalue weighted by Crippen LogP contribution is -2.52. The van der Waals surface area contributed by atoms with Crippen LogP contribution < -0.4 is 30.2 Å². The van der Waals surface area contributed by atoms with Crippen LogP contribution in [0.4, 0.5) is 5.69 Å². The van der Waals surface area contributed by atoms with Crippen molar-refractivity contribution in [1.82, 2.24) is 20.4 Å². The zero-order valence-corrected chi connectivity index (χ0v) is 40.1. The summed E-state index contributed by atoms with van der Waals surface area (Å²) in [6.07, 6.45) is 3.77. The summed E-state index contributed by atoms with van der Waals surface area (Å²) in [6, 6.07) is 23.7. The number of thiophene rings is 1. The smallest absolute Gasteiger partial charge is 0.264 e. The molecular weight excluding hydrogens is 923 g/mol. The van der Waals surface area contributed by atoms with E-state index >= 15 is 0 Å². The molecule has 2 atom stereocenters. The molecule has 0 bridgehead atoms. The molecule has 0 saturated carbocycles. The molecule has 3 aliphatic rings. The summed E-state index contributed by atoms with van der Waals surface area (Å²) in [5.74, 6) is -1.68. The number of fused-ring (bicyclic) bond motifs is 2. The molecule has 16 nitrogen and oxygen atoms in total. The minimum Gasteiger partial charge on any atom is -0.493 e. The lowest BCUT2D eigenvalue weighted by molar-refractivity contribution is -0.137. The van der Waals surface area contributed by atoms with Crippen LogP contribution in [0, 0.1) is 0 Å². The number of nitrogens with zero attached hydrogens (tertiary/aromatic N) is 2. The molecule has 18 heteroatoms. The fraction of sp³-hybridized carbons (Fsp3) is 0.333. The number of ether oxygens (including phenoxy) is 3. The van der Waals surface area contributed by atoms with Crippen molar-refractivity contribution < 1.29 is 51.4 Å². The molecule has 1 saturated heterocycles. The number of nitrogens with one attached hydrogen (secondary N) is 3. The Morgan fingerprint density at radius 3 is 2.32 bits per heavy atom. The van der Waals surface area contributed by atoms with Gasteiger partial charge in [-0.05, 0) is 97.8 Å². The van der Waals surface area contributed by atoms with Crippen LogP contribution >= 0.6 is 11.3 Å². The molecule has 3 aliphatic heterocycles. The third kappa shape index (κ3) is 11.2. The number of hydrogen-bond donors (Lipinski definition) is 3. The first-order valence-corrected chi connectivity index (χ1v) is 25.7. The van der Waals surface area contributed by atoms with Crippen molar-refractivity contribution in [1.29, 1.82) is 0 Å².